The van der Waals surface area contributed by atoms with Crippen molar-refractivity contribution in [1.82, 2.24) is 44.4 Å². The summed E-state index contributed by atoms with van der Waals surface area (Å²) < 4.78 is 6.86. The highest BCUT2D eigenvalue weighted by atomic mass is 16.6. The molecule has 7 amide bonds. The average Bonchev–Trinajstić information content (AvgIpc) is 3.76. The summed E-state index contributed by atoms with van der Waals surface area (Å²) in [6, 6.07) is 6.42. The number of aliphatic imine (C=N–C) groups is 1. The Hall–Kier alpha value is -6.82. The van der Waals surface area contributed by atoms with E-state index >= 15 is 0 Å². The Bertz CT molecular complexity index is 2230. The normalized spacial score (nSPS) is 17.2. The van der Waals surface area contributed by atoms with Gasteiger partial charge in [0.05, 0.1) is 52.0 Å². The number of hydrogen-bond donors (Lipinski definition) is 9. The van der Waals surface area contributed by atoms with E-state index in [9.17, 15) is 64.0 Å². The molecule has 1 aliphatic rings. The molecule has 2 aromatic rings. The molecule has 12 N–H and O–H groups in total. The minimum Gasteiger partial charge on any atom is -0.423 e. The maximum absolute atomic E-state index is 14.6. The molecule has 27 nitrogen and oxygen atoms in total. The number of benzene rings is 1. The number of aliphatic hydroxyl groups is 4. The molecule has 402 valence electrons. The SMILES string of the molecule is C=CCN(CC(N)=O)C(=O)CN(CC=C)C(=O)CN(CC(C)C)C(=O)CN(C[C@@H]1O[C@@H](O)[C@@H](O)[C@H](O)[C@@H]1O)C(=O)CN(CCCCN=C(N)N)C(=O)CN(Cc1cn(Cc2ccc(B(O)O)cc2)nn1)C(C)=O. The molecule has 1 aromatic heterocycles. The zero-order valence-corrected chi connectivity index (χ0v) is 41.5. The van der Waals surface area contributed by atoms with E-state index < -0.39 is 125 Å². The van der Waals surface area contributed by atoms with Crippen LogP contribution in [0.1, 0.15) is 44.9 Å². The Morgan fingerprint density at radius 3 is 1.85 bits per heavy atom. The molecule has 1 fully saturated rings. The van der Waals surface area contributed by atoms with E-state index in [1.807, 2.05) is 0 Å². The number of nitrogens with two attached hydrogens (primary N) is 3. The summed E-state index contributed by atoms with van der Waals surface area (Å²) in [4.78, 5) is 105. The lowest BCUT2D eigenvalue weighted by Gasteiger charge is -2.40. The van der Waals surface area contributed by atoms with Gasteiger partial charge in [0.25, 0.3) is 0 Å². The van der Waals surface area contributed by atoms with Crippen molar-refractivity contribution in [3.05, 3.63) is 67.0 Å². The highest BCUT2D eigenvalue weighted by molar-refractivity contribution is 6.58. The van der Waals surface area contributed by atoms with Crippen molar-refractivity contribution in [2.75, 3.05) is 78.5 Å². The van der Waals surface area contributed by atoms with E-state index in [4.69, 9.17) is 21.9 Å². The second-order valence-electron chi connectivity index (χ2n) is 17.8. The molecule has 0 radical (unpaired) electrons. The zero-order chi connectivity index (χ0) is 54.5. The number of primary amides is 1. The first kappa shape index (κ1) is 60.5. The van der Waals surface area contributed by atoms with Crippen molar-refractivity contribution in [2.45, 2.75) is 77.4 Å². The van der Waals surface area contributed by atoms with Gasteiger partial charge in [0.2, 0.25) is 41.4 Å². The molecular formula is C45H70BN13O14. The van der Waals surface area contributed by atoms with E-state index in [-0.39, 0.29) is 64.1 Å². The number of amides is 7. The minimum absolute atomic E-state index is 0.0449. The Morgan fingerprint density at radius 1 is 0.753 bits per heavy atom. The second-order valence-corrected chi connectivity index (χ2v) is 17.8. The first-order chi connectivity index (χ1) is 34.4. The molecule has 28 heteroatoms. The standard InChI is InChI=1S/C45H70BN13O14/c1-6-15-53(23-35(47)61)36(62)24-54(16-7-2)38(64)27-57(18-29(3)4)40(66)28-58(22-34-41(67)42(68)43(69)44(70)73-34)39(65)25-55(17-9-8-14-50-45(48)49)37(63)26-56(30(5)60)20-33-21-59(52-51-33)19-31-10-12-32(13-11-31)46(71)72/h6-7,10-13,21,29,34,41-44,67-72H,1-2,8-9,14-20,22-28H2,3-5H3,(H2,47,61)(H4,48,49,50)/t34-,41+,42+,43-,44+/m0/s1. The van der Waals surface area contributed by atoms with Crippen molar-refractivity contribution in [1.29, 1.82) is 0 Å². The largest absolute Gasteiger partial charge is 0.488 e. The highest BCUT2D eigenvalue weighted by Crippen LogP contribution is 2.21. The first-order valence-corrected chi connectivity index (χ1v) is 23.4. The van der Waals surface area contributed by atoms with Crippen molar-refractivity contribution < 1.29 is 68.8 Å². The third kappa shape index (κ3) is 20.0. The van der Waals surface area contributed by atoms with Gasteiger partial charge in [-0.05, 0) is 29.8 Å². The molecule has 1 aliphatic heterocycles. The fourth-order valence-corrected chi connectivity index (χ4v) is 7.43. The smallest absolute Gasteiger partial charge is 0.423 e. The lowest BCUT2D eigenvalue weighted by molar-refractivity contribution is -0.283. The fourth-order valence-electron chi connectivity index (χ4n) is 7.43. The number of carbonyl (C=O) groups is 7. The van der Waals surface area contributed by atoms with Crippen LogP contribution in [0.3, 0.4) is 0 Å². The van der Waals surface area contributed by atoms with E-state index in [2.05, 4.69) is 28.5 Å². The van der Waals surface area contributed by atoms with Gasteiger partial charge in [0, 0.05) is 39.6 Å². The zero-order valence-electron chi connectivity index (χ0n) is 41.5. The van der Waals surface area contributed by atoms with Gasteiger partial charge in [0.1, 0.15) is 43.2 Å². The fraction of sp³-hybridized carbons (Fsp3) is 0.556. The number of carbonyl (C=O) groups excluding carboxylic acids is 7. The summed E-state index contributed by atoms with van der Waals surface area (Å²) in [6.07, 6.45) is -4.54. The van der Waals surface area contributed by atoms with E-state index in [0.717, 1.165) is 30.1 Å². The maximum Gasteiger partial charge on any atom is 0.488 e. The van der Waals surface area contributed by atoms with Crippen LogP contribution in [-0.2, 0) is 51.4 Å². The van der Waals surface area contributed by atoms with Crippen molar-refractivity contribution in [3.8, 4) is 0 Å². The Kier molecular flexibility index (Phi) is 24.6. The van der Waals surface area contributed by atoms with Crippen LogP contribution < -0.4 is 22.7 Å². The summed E-state index contributed by atoms with van der Waals surface area (Å²) in [5.41, 5.74) is 17.6. The number of hydrogen-bond acceptors (Lipinski definition) is 17. The first-order valence-electron chi connectivity index (χ1n) is 23.4. The molecule has 0 spiro atoms. The number of nitrogens with zero attached hydrogens (tertiary/aromatic N) is 10. The Morgan fingerprint density at radius 2 is 1.29 bits per heavy atom. The van der Waals surface area contributed by atoms with Crippen LogP contribution in [0.15, 0.2) is 60.8 Å². The lowest BCUT2D eigenvalue weighted by atomic mass is 9.80. The van der Waals surface area contributed by atoms with Crippen molar-refractivity contribution >= 4 is 59.9 Å². The van der Waals surface area contributed by atoms with Gasteiger partial charge in [-0.2, -0.15) is 0 Å². The molecule has 0 saturated carbocycles. The molecule has 3 rings (SSSR count). The summed E-state index contributed by atoms with van der Waals surface area (Å²) >= 11 is 0. The minimum atomic E-state index is -2.02. The van der Waals surface area contributed by atoms with Gasteiger partial charge in [0.15, 0.2) is 12.2 Å². The van der Waals surface area contributed by atoms with Crippen LogP contribution in [0.4, 0.5) is 0 Å². The van der Waals surface area contributed by atoms with Gasteiger partial charge in [-0.3, -0.25) is 38.6 Å². The number of unbranched alkanes of at least 4 members (excludes halogenated alkanes) is 1. The van der Waals surface area contributed by atoms with Gasteiger partial charge < -0.3 is 81.8 Å². The quantitative estimate of drug-likeness (QED) is 0.0116. The molecule has 1 aromatic carbocycles. The Labute approximate surface area is 423 Å². The maximum atomic E-state index is 14.6. The van der Waals surface area contributed by atoms with Crippen molar-refractivity contribution in [2.24, 2.45) is 28.1 Å². The molecular weight excluding hydrogens is 957 g/mol. The van der Waals surface area contributed by atoms with E-state index in [1.165, 1.54) is 40.8 Å². The molecule has 5 atom stereocenters. The van der Waals surface area contributed by atoms with Gasteiger partial charge in [-0.15, -0.1) is 18.3 Å². The summed E-state index contributed by atoms with van der Waals surface area (Å²) in [5, 5.41) is 69.1. The van der Waals surface area contributed by atoms with Crippen LogP contribution in [0.5, 0.6) is 0 Å². The molecule has 73 heavy (non-hydrogen) atoms. The predicted octanol–water partition coefficient (Wildman–Crippen LogP) is -6.14. The molecule has 2 heterocycles. The van der Waals surface area contributed by atoms with Crippen LogP contribution in [0.25, 0.3) is 0 Å². The molecule has 0 aliphatic carbocycles. The Balaban J connectivity index is 1.94. The van der Waals surface area contributed by atoms with Crippen LogP contribution >= 0.6 is 0 Å². The molecule has 0 bridgehead atoms. The number of guanidine groups is 1. The number of rotatable bonds is 30. The highest BCUT2D eigenvalue weighted by Gasteiger charge is 2.44. The van der Waals surface area contributed by atoms with Gasteiger partial charge in [-0.25, -0.2) is 4.68 Å². The average molecular weight is 1030 g/mol. The third-order valence-corrected chi connectivity index (χ3v) is 11.3. The van der Waals surface area contributed by atoms with Crippen LogP contribution in [0, 0.1) is 5.92 Å². The van der Waals surface area contributed by atoms with E-state index in [0.29, 0.717) is 17.6 Å². The van der Waals surface area contributed by atoms with E-state index in [1.54, 1.807) is 32.2 Å². The van der Waals surface area contributed by atoms with Crippen LogP contribution in [0.2, 0.25) is 0 Å². The summed E-state index contributed by atoms with van der Waals surface area (Å²) in [7, 11) is -1.64. The summed E-state index contributed by atoms with van der Waals surface area (Å²) in [5.74, 6) is -5.58. The van der Waals surface area contributed by atoms with Gasteiger partial charge in [-0.1, -0.05) is 55.5 Å². The summed E-state index contributed by atoms with van der Waals surface area (Å²) in [6.45, 7) is 7.47. The van der Waals surface area contributed by atoms with Crippen molar-refractivity contribution in [3.63, 3.8) is 0 Å². The number of ether oxygens (including phenoxy) is 1. The monoisotopic (exact) mass is 1030 g/mol. The topological polar surface area (TPSA) is 391 Å². The lowest BCUT2D eigenvalue weighted by Crippen LogP contribution is -2.61. The second kappa shape index (κ2) is 29.6. The number of aromatic nitrogens is 3. The predicted molar refractivity (Wildman–Crippen MR) is 263 cm³/mol. The molecule has 0 unspecified atom stereocenters. The van der Waals surface area contributed by atoms with Crippen LogP contribution in [-0.4, -0.2) is 239 Å². The van der Waals surface area contributed by atoms with Gasteiger partial charge >= 0.3 is 7.12 Å². The number of aliphatic hydroxyl groups excluding tert-OH is 4. The third-order valence-electron chi connectivity index (χ3n) is 11.3. The molecule has 1 saturated heterocycles.